The van der Waals surface area contributed by atoms with Crippen LogP contribution in [0.25, 0.3) is 0 Å². The Labute approximate surface area is 136 Å². The first kappa shape index (κ1) is 15.8. The zero-order chi connectivity index (χ0) is 16.4. The van der Waals surface area contributed by atoms with Gasteiger partial charge in [-0.3, -0.25) is 9.69 Å². The van der Waals surface area contributed by atoms with E-state index in [0.717, 1.165) is 25.3 Å². The van der Waals surface area contributed by atoms with Crippen molar-refractivity contribution in [2.75, 3.05) is 27.3 Å². The molecule has 3 rings (SSSR count). The Balaban J connectivity index is 1.87. The SMILES string of the molecule is COc1cc2c(cc1OC)C1CC(=O)C(CCC#N)CN1CC2. The number of nitriles is 1. The Morgan fingerprint density at radius 1 is 1.30 bits per heavy atom. The summed E-state index contributed by atoms with van der Waals surface area (Å²) in [5, 5.41) is 8.75. The first-order valence-corrected chi connectivity index (χ1v) is 8.06. The molecule has 2 aliphatic heterocycles. The van der Waals surface area contributed by atoms with E-state index in [9.17, 15) is 4.79 Å². The minimum Gasteiger partial charge on any atom is -0.493 e. The number of benzene rings is 1. The van der Waals surface area contributed by atoms with E-state index >= 15 is 0 Å². The highest BCUT2D eigenvalue weighted by atomic mass is 16.5. The van der Waals surface area contributed by atoms with Crippen LogP contribution in [0.15, 0.2) is 12.1 Å². The van der Waals surface area contributed by atoms with Gasteiger partial charge in [-0.15, -0.1) is 0 Å². The van der Waals surface area contributed by atoms with Crippen molar-refractivity contribution in [3.8, 4) is 17.6 Å². The fourth-order valence-corrected chi connectivity index (χ4v) is 3.77. The molecule has 1 aromatic carbocycles. The molecule has 0 aliphatic carbocycles. The van der Waals surface area contributed by atoms with Crippen LogP contribution < -0.4 is 9.47 Å². The molecule has 0 amide bonds. The summed E-state index contributed by atoms with van der Waals surface area (Å²) in [7, 11) is 3.28. The maximum absolute atomic E-state index is 12.5. The van der Waals surface area contributed by atoms with Gasteiger partial charge in [-0.2, -0.15) is 5.26 Å². The molecule has 1 fully saturated rings. The third kappa shape index (κ3) is 2.91. The monoisotopic (exact) mass is 314 g/mol. The minimum absolute atomic E-state index is 0.00703. The van der Waals surface area contributed by atoms with Gasteiger partial charge in [0, 0.05) is 37.9 Å². The lowest BCUT2D eigenvalue weighted by molar-refractivity contribution is -0.129. The van der Waals surface area contributed by atoms with Crippen molar-refractivity contribution in [3.63, 3.8) is 0 Å². The molecular weight excluding hydrogens is 292 g/mol. The van der Waals surface area contributed by atoms with Gasteiger partial charge in [0.25, 0.3) is 0 Å². The molecular formula is C18H22N2O3. The van der Waals surface area contributed by atoms with E-state index in [1.54, 1.807) is 14.2 Å². The second-order valence-electron chi connectivity index (χ2n) is 6.23. The number of hydrogen-bond acceptors (Lipinski definition) is 5. The van der Waals surface area contributed by atoms with Crippen LogP contribution in [0.4, 0.5) is 0 Å². The van der Waals surface area contributed by atoms with Gasteiger partial charge < -0.3 is 9.47 Å². The number of ketones is 1. The lowest BCUT2D eigenvalue weighted by Crippen LogP contribution is -2.46. The highest BCUT2D eigenvalue weighted by Gasteiger charge is 2.38. The summed E-state index contributed by atoms with van der Waals surface area (Å²) in [5.74, 6) is 1.75. The summed E-state index contributed by atoms with van der Waals surface area (Å²) in [5.41, 5.74) is 2.42. The van der Waals surface area contributed by atoms with Crippen molar-refractivity contribution in [2.45, 2.75) is 31.7 Å². The fraction of sp³-hybridized carbons (Fsp3) is 0.556. The summed E-state index contributed by atoms with van der Waals surface area (Å²) in [6.45, 7) is 1.71. The van der Waals surface area contributed by atoms with Crippen LogP contribution in [0.2, 0.25) is 0 Å². The van der Waals surface area contributed by atoms with E-state index in [4.69, 9.17) is 14.7 Å². The normalized spacial score (nSPS) is 23.6. The predicted octanol–water partition coefficient (Wildman–Crippen LogP) is 2.50. The van der Waals surface area contributed by atoms with Gasteiger partial charge in [0.2, 0.25) is 0 Å². The van der Waals surface area contributed by atoms with E-state index in [1.807, 2.05) is 12.1 Å². The molecule has 0 radical (unpaired) electrons. The quantitative estimate of drug-likeness (QED) is 0.854. The number of piperidine rings is 1. The number of carbonyl (C=O) groups excluding carboxylic acids is 1. The van der Waals surface area contributed by atoms with Gasteiger partial charge in [0.05, 0.1) is 20.3 Å². The second-order valence-corrected chi connectivity index (χ2v) is 6.23. The lowest BCUT2D eigenvalue weighted by Gasteiger charge is -2.43. The molecule has 1 aromatic rings. The van der Waals surface area contributed by atoms with Crippen LogP contribution in [-0.4, -0.2) is 38.0 Å². The summed E-state index contributed by atoms with van der Waals surface area (Å²) in [4.78, 5) is 14.8. The summed E-state index contributed by atoms with van der Waals surface area (Å²) >= 11 is 0. The van der Waals surface area contributed by atoms with Crippen molar-refractivity contribution < 1.29 is 14.3 Å². The predicted molar refractivity (Wildman–Crippen MR) is 85.5 cm³/mol. The first-order chi connectivity index (χ1) is 11.2. The maximum atomic E-state index is 12.5. The average molecular weight is 314 g/mol. The van der Waals surface area contributed by atoms with Crippen LogP contribution in [0, 0.1) is 17.2 Å². The van der Waals surface area contributed by atoms with E-state index in [0.29, 0.717) is 25.0 Å². The zero-order valence-corrected chi connectivity index (χ0v) is 13.7. The van der Waals surface area contributed by atoms with Crippen molar-refractivity contribution >= 4 is 5.78 Å². The number of fused-ring (bicyclic) bond motifs is 3. The van der Waals surface area contributed by atoms with E-state index < -0.39 is 0 Å². The number of hydrogen-bond donors (Lipinski definition) is 0. The Hall–Kier alpha value is -2.06. The number of ether oxygens (including phenoxy) is 2. The van der Waals surface area contributed by atoms with Crippen LogP contribution in [0.3, 0.4) is 0 Å². The second kappa shape index (κ2) is 6.59. The van der Waals surface area contributed by atoms with Crippen molar-refractivity contribution in [2.24, 2.45) is 5.92 Å². The number of rotatable bonds is 4. The Bertz CT molecular complexity index is 650. The topological polar surface area (TPSA) is 62.6 Å². The van der Waals surface area contributed by atoms with Crippen molar-refractivity contribution in [1.82, 2.24) is 4.90 Å². The third-order valence-electron chi connectivity index (χ3n) is 5.02. The standard InChI is InChI=1S/C18H22N2O3/c1-22-17-8-12-5-7-20-11-13(4-3-6-19)16(21)10-15(20)14(12)9-18(17)23-2/h8-9,13,15H,3-5,7,10-11H2,1-2H3. The maximum Gasteiger partial charge on any atom is 0.161 e. The Morgan fingerprint density at radius 3 is 2.74 bits per heavy atom. The van der Waals surface area contributed by atoms with E-state index in [2.05, 4.69) is 11.0 Å². The molecule has 2 heterocycles. The smallest absolute Gasteiger partial charge is 0.161 e. The molecule has 0 saturated carbocycles. The summed E-state index contributed by atoms with van der Waals surface area (Å²) < 4.78 is 10.8. The van der Waals surface area contributed by atoms with Gasteiger partial charge >= 0.3 is 0 Å². The molecule has 2 aliphatic rings. The third-order valence-corrected chi connectivity index (χ3v) is 5.02. The molecule has 122 valence electrons. The number of methoxy groups -OCH3 is 2. The molecule has 0 aromatic heterocycles. The molecule has 0 N–H and O–H groups in total. The number of nitrogens with zero attached hydrogens (tertiary/aromatic N) is 2. The van der Waals surface area contributed by atoms with Gasteiger partial charge in [-0.05, 0) is 36.1 Å². The van der Waals surface area contributed by atoms with Crippen LogP contribution in [0.1, 0.15) is 36.4 Å². The molecule has 0 bridgehead atoms. The minimum atomic E-state index is 0.00703. The summed E-state index contributed by atoms with van der Waals surface area (Å²) in [6.07, 6.45) is 2.61. The lowest BCUT2D eigenvalue weighted by atomic mass is 9.81. The van der Waals surface area contributed by atoms with E-state index in [1.165, 1.54) is 11.1 Å². The van der Waals surface area contributed by atoms with Crippen LogP contribution >= 0.6 is 0 Å². The fourth-order valence-electron chi connectivity index (χ4n) is 3.77. The molecule has 23 heavy (non-hydrogen) atoms. The molecule has 5 nitrogen and oxygen atoms in total. The molecule has 1 saturated heterocycles. The molecule has 0 spiro atoms. The highest BCUT2D eigenvalue weighted by molar-refractivity contribution is 5.83. The van der Waals surface area contributed by atoms with Gasteiger partial charge in [0.1, 0.15) is 5.78 Å². The molecule has 5 heteroatoms. The van der Waals surface area contributed by atoms with E-state index in [-0.39, 0.29) is 17.7 Å². The van der Waals surface area contributed by atoms with Crippen molar-refractivity contribution in [3.05, 3.63) is 23.3 Å². The molecule has 2 atom stereocenters. The highest BCUT2D eigenvalue weighted by Crippen LogP contribution is 2.42. The number of Topliss-reactive ketones (excluding diaryl/α,β-unsaturated/α-hetero) is 1. The Morgan fingerprint density at radius 2 is 2.04 bits per heavy atom. The molecule has 2 unspecified atom stereocenters. The number of carbonyl (C=O) groups is 1. The van der Waals surface area contributed by atoms with Crippen molar-refractivity contribution in [1.29, 1.82) is 5.26 Å². The Kier molecular flexibility index (Phi) is 4.53. The van der Waals surface area contributed by atoms with Gasteiger partial charge in [-0.25, -0.2) is 0 Å². The van der Waals surface area contributed by atoms with Gasteiger partial charge in [-0.1, -0.05) is 0 Å². The van der Waals surface area contributed by atoms with Crippen LogP contribution in [0.5, 0.6) is 11.5 Å². The zero-order valence-electron chi connectivity index (χ0n) is 13.7. The van der Waals surface area contributed by atoms with Crippen LogP contribution in [-0.2, 0) is 11.2 Å². The first-order valence-electron chi connectivity index (χ1n) is 8.06. The summed E-state index contributed by atoms with van der Waals surface area (Å²) in [6, 6.07) is 6.34. The average Bonchev–Trinajstić information content (AvgIpc) is 2.58. The van der Waals surface area contributed by atoms with Gasteiger partial charge in [0.15, 0.2) is 11.5 Å². The largest absolute Gasteiger partial charge is 0.493 e.